The van der Waals surface area contributed by atoms with E-state index in [0.29, 0.717) is 22.8 Å². The third-order valence-electron chi connectivity index (χ3n) is 4.08. The van der Waals surface area contributed by atoms with Crippen molar-refractivity contribution in [1.29, 1.82) is 0 Å². The molecule has 2 fully saturated rings. The maximum atomic E-state index is 11.2. The average molecular weight is 316 g/mol. The largest absolute Gasteiger partial charge is 0.364 e. The quantitative estimate of drug-likeness (QED) is 0.672. The van der Waals surface area contributed by atoms with Gasteiger partial charge in [-0.05, 0) is 25.3 Å². The Morgan fingerprint density at radius 3 is 2.65 bits per heavy atom. The third kappa shape index (κ3) is 2.57. The van der Waals surface area contributed by atoms with E-state index in [1.807, 2.05) is 0 Å². The number of nitro benzene ring substituents is 1. The molecule has 1 aromatic carbocycles. The van der Waals surface area contributed by atoms with Gasteiger partial charge < -0.3 is 10.2 Å². The highest BCUT2D eigenvalue weighted by Gasteiger charge is 2.32. The van der Waals surface area contributed by atoms with Crippen LogP contribution in [0.15, 0.2) is 12.1 Å². The Kier molecular flexibility index (Phi) is 3.75. The van der Waals surface area contributed by atoms with Crippen molar-refractivity contribution < 1.29 is 4.92 Å². The standard InChI is InChI=1S/C13H15Cl2N3O2/c14-10-5-12(13(18(19)20)6-11(10)15)17-4-3-8-1-2-9(7-17)16-8/h5-6,8-9,16H,1-4,7H2. The predicted octanol–water partition coefficient (Wildman–Crippen LogP) is 3.23. The van der Waals surface area contributed by atoms with Crippen LogP contribution in [0.4, 0.5) is 11.4 Å². The zero-order valence-corrected chi connectivity index (χ0v) is 12.3. The van der Waals surface area contributed by atoms with Crippen LogP contribution in [0.5, 0.6) is 0 Å². The maximum Gasteiger partial charge on any atom is 0.294 e. The van der Waals surface area contributed by atoms with Crippen molar-refractivity contribution in [1.82, 2.24) is 5.32 Å². The lowest BCUT2D eigenvalue weighted by molar-refractivity contribution is -0.384. The fourth-order valence-electron chi connectivity index (χ4n) is 3.09. The molecule has 7 heteroatoms. The van der Waals surface area contributed by atoms with Crippen LogP contribution < -0.4 is 10.2 Å². The van der Waals surface area contributed by atoms with E-state index >= 15 is 0 Å². The molecule has 1 aromatic rings. The number of hydrogen-bond donors (Lipinski definition) is 1. The molecule has 2 atom stereocenters. The monoisotopic (exact) mass is 315 g/mol. The van der Waals surface area contributed by atoms with Crippen LogP contribution in [0.25, 0.3) is 0 Å². The molecule has 3 rings (SSSR count). The number of nitro groups is 1. The minimum Gasteiger partial charge on any atom is -0.364 e. The summed E-state index contributed by atoms with van der Waals surface area (Å²) in [5, 5.41) is 15.4. The summed E-state index contributed by atoms with van der Waals surface area (Å²) in [6.45, 7) is 1.57. The lowest BCUT2D eigenvalue weighted by atomic mass is 10.1. The van der Waals surface area contributed by atoms with Gasteiger partial charge in [-0.3, -0.25) is 10.1 Å². The average Bonchev–Trinajstić information content (AvgIpc) is 2.72. The van der Waals surface area contributed by atoms with E-state index in [-0.39, 0.29) is 10.7 Å². The fraction of sp³-hybridized carbons (Fsp3) is 0.538. The van der Waals surface area contributed by atoms with Gasteiger partial charge in [0.15, 0.2) is 0 Å². The molecule has 108 valence electrons. The van der Waals surface area contributed by atoms with E-state index in [9.17, 15) is 10.1 Å². The normalized spacial score (nSPS) is 25.6. The number of benzene rings is 1. The number of nitrogens with one attached hydrogen (secondary N) is 1. The van der Waals surface area contributed by atoms with Crippen LogP contribution in [0.2, 0.25) is 10.0 Å². The molecule has 0 saturated carbocycles. The minimum absolute atomic E-state index is 0.0252. The van der Waals surface area contributed by atoms with Crippen LogP contribution >= 0.6 is 23.2 Å². The summed E-state index contributed by atoms with van der Waals surface area (Å²) < 4.78 is 0. The zero-order valence-electron chi connectivity index (χ0n) is 10.8. The van der Waals surface area contributed by atoms with Crippen LogP contribution in [-0.2, 0) is 0 Å². The zero-order chi connectivity index (χ0) is 14.3. The Morgan fingerprint density at radius 2 is 1.90 bits per heavy atom. The first-order valence-corrected chi connectivity index (χ1v) is 7.44. The Bertz CT molecular complexity index is 553. The van der Waals surface area contributed by atoms with Gasteiger partial charge >= 0.3 is 0 Å². The van der Waals surface area contributed by atoms with Crippen LogP contribution in [0, 0.1) is 10.1 Å². The second kappa shape index (κ2) is 5.39. The first kappa shape index (κ1) is 13.9. The summed E-state index contributed by atoms with van der Waals surface area (Å²) in [5.41, 5.74) is 0.593. The van der Waals surface area contributed by atoms with Gasteiger partial charge in [-0.2, -0.15) is 0 Å². The molecule has 0 amide bonds. The van der Waals surface area contributed by atoms with Crippen molar-refractivity contribution in [2.45, 2.75) is 31.3 Å². The van der Waals surface area contributed by atoms with Gasteiger partial charge in [0.25, 0.3) is 5.69 Å². The van der Waals surface area contributed by atoms with Crippen molar-refractivity contribution >= 4 is 34.6 Å². The lowest BCUT2D eigenvalue weighted by Crippen LogP contribution is -2.35. The summed E-state index contributed by atoms with van der Waals surface area (Å²) >= 11 is 11.9. The van der Waals surface area contributed by atoms with Crippen molar-refractivity contribution in [3.05, 3.63) is 32.3 Å². The first-order chi connectivity index (χ1) is 9.54. The molecule has 0 aliphatic carbocycles. The molecule has 2 aliphatic rings. The topological polar surface area (TPSA) is 58.4 Å². The molecule has 5 nitrogen and oxygen atoms in total. The van der Waals surface area contributed by atoms with E-state index in [1.165, 1.54) is 12.5 Å². The second-order valence-corrected chi connectivity index (χ2v) is 6.20. The Labute approximate surface area is 127 Å². The Balaban J connectivity index is 1.96. The molecule has 2 aliphatic heterocycles. The molecule has 2 unspecified atom stereocenters. The number of rotatable bonds is 2. The summed E-state index contributed by atoms with van der Waals surface area (Å²) in [7, 11) is 0. The summed E-state index contributed by atoms with van der Waals surface area (Å²) in [6, 6.07) is 3.89. The van der Waals surface area contributed by atoms with Crippen molar-refractivity contribution in [2.75, 3.05) is 18.0 Å². The Morgan fingerprint density at radius 1 is 1.20 bits per heavy atom. The first-order valence-electron chi connectivity index (χ1n) is 6.69. The third-order valence-corrected chi connectivity index (χ3v) is 4.80. The van der Waals surface area contributed by atoms with E-state index in [4.69, 9.17) is 23.2 Å². The highest BCUT2D eigenvalue weighted by molar-refractivity contribution is 6.42. The van der Waals surface area contributed by atoms with Gasteiger partial charge in [0.2, 0.25) is 0 Å². The Hall–Kier alpha value is -1.04. The van der Waals surface area contributed by atoms with E-state index in [1.54, 1.807) is 6.07 Å². The molecule has 20 heavy (non-hydrogen) atoms. The molecule has 0 aromatic heterocycles. The number of fused-ring (bicyclic) bond motifs is 2. The lowest BCUT2D eigenvalue weighted by Gasteiger charge is -2.26. The van der Waals surface area contributed by atoms with Gasteiger partial charge in [-0.15, -0.1) is 0 Å². The van der Waals surface area contributed by atoms with Crippen LogP contribution in [0.1, 0.15) is 19.3 Å². The van der Waals surface area contributed by atoms with E-state index < -0.39 is 4.92 Å². The molecule has 2 saturated heterocycles. The number of hydrogen-bond acceptors (Lipinski definition) is 4. The van der Waals surface area contributed by atoms with Crippen LogP contribution in [0.3, 0.4) is 0 Å². The van der Waals surface area contributed by atoms with Crippen molar-refractivity contribution in [3.63, 3.8) is 0 Å². The van der Waals surface area contributed by atoms with E-state index in [0.717, 1.165) is 25.9 Å². The molecular weight excluding hydrogens is 301 g/mol. The summed E-state index contributed by atoms with van der Waals surface area (Å²) in [6.07, 6.45) is 3.31. The second-order valence-electron chi connectivity index (χ2n) is 5.38. The number of nitrogens with zero attached hydrogens (tertiary/aromatic N) is 2. The smallest absolute Gasteiger partial charge is 0.294 e. The molecule has 0 spiro atoms. The van der Waals surface area contributed by atoms with Crippen molar-refractivity contribution in [2.24, 2.45) is 0 Å². The van der Waals surface area contributed by atoms with Gasteiger partial charge in [0, 0.05) is 31.2 Å². The fourth-order valence-corrected chi connectivity index (χ4v) is 3.40. The van der Waals surface area contributed by atoms with Gasteiger partial charge in [0.1, 0.15) is 5.69 Å². The van der Waals surface area contributed by atoms with Gasteiger partial charge in [0.05, 0.1) is 15.0 Å². The summed E-state index contributed by atoms with van der Waals surface area (Å²) in [5.74, 6) is 0. The molecule has 1 N–H and O–H groups in total. The number of halogens is 2. The van der Waals surface area contributed by atoms with E-state index in [2.05, 4.69) is 10.2 Å². The molecule has 2 bridgehead atoms. The number of anilines is 1. The molecule has 2 heterocycles. The predicted molar refractivity (Wildman–Crippen MR) is 79.9 cm³/mol. The maximum absolute atomic E-state index is 11.2. The molecular formula is C13H15Cl2N3O2. The van der Waals surface area contributed by atoms with Crippen molar-refractivity contribution in [3.8, 4) is 0 Å². The van der Waals surface area contributed by atoms with Gasteiger partial charge in [-0.25, -0.2) is 0 Å². The minimum atomic E-state index is -0.395. The highest BCUT2D eigenvalue weighted by atomic mass is 35.5. The SMILES string of the molecule is O=[N+]([O-])c1cc(Cl)c(Cl)cc1N1CCC2CCC(C1)N2. The highest BCUT2D eigenvalue weighted by Crippen LogP contribution is 2.37. The summed E-state index contributed by atoms with van der Waals surface area (Å²) in [4.78, 5) is 12.9. The molecule has 0 radical (unpaired) electrons. The van der Waals surface area contributed by atoms with Gasteiger partial charge in [-0.1, -0.05) is 23.2 Å². The van der Waals surface area contributed by atoms with Crippen LogP contribution in [-0.4, -0.2) is 30.1 Å².